The first kappa shape index (κ1) is 16.5. The van der Waals surface area contributed by atoms with Crippen LogP contribution in [0.3, 0.4) is 0 Å². The molecule has 0 fully saturated rings. The van der Waals surface area contributed by atoms with Crippen LogP contribution >= 0.6 is 11.6 Å². The Hall–Kier alpha value is -2.32. The number of benzene rings is 2. The first-order valence-electron chi connectivity index (χ1n) is 6.43. The van der Waals surface area contributed by atoms with Crippen molar-refractivity contribution in [2.45, 2.75) is 9.79 Å². The van der Waals surface area contributed by atoms with Crippen LogP contribution in [0.1, 0.15) is 0 Å². The molecular formula is C15H7ClF3NO3S. The predicted molar refractivity (Wildman–Crippen MR) is 81.3 cm³/mol. The largest absolute Gasteiger partial charge is 0.357 e. The molecule has 0 aliphatic carbocycles. The molecule has 0 bridgehead atoms. The summed E-state index contributed by atoms with van der Waals surface area (Å²) in [6.07, 6.45) is 0.792. The standard InChI is InChI=1S/C15H7ClF3NO3S/c16-8-2-4-10(18)14-13(8)15(21)12(6-20-14)24(22,23)7-1-3-9(17)11(19)5-7/h1-6H,(H,20,21). The van der Waals surface area contributed by atoms with Gasteiger partial charge in [-0.1, -0.05) is 11.6 Å². The molecule has 1 aromatic heterocycles. The lowest BCUT2D eigenvalue weighted by Crippen LogP contribution is -2.17. The van der Waals surface area contributed by atoms with Crippen LogP contribution in [0.25, 0.3) is 10.9 Å². The molecule has 0 spiro atoms. The number of sulfone groups is 1. The molecule has 0 unspecified atom stereocenters. The Kier molecular flexibility index (Phi) is 3.89. The fourth-order valence-electron chi connectivity index (χ4n) is 2.21. The maximum Gasteiger partial charge on any atom is 0.212 e. The van der Waals surface area contributed by atoms with Gasteiger partial charge in [0.2, 0.25) is 15.3 Å². The number of pyridine rings is 1. The quantitative estimate of drug-likeness (QED) is 0.700. The van der Waals surface area contributed by atoms with Crippen molar-refractivity contribution in [2.24, 2.45) is 0 Å². The van der Waals surface area contributed by atoms with Gasteiger partial charge in [-0.15, -0.1) is 0 Å². The Bertz CT molecular complexity index is 1140. The van der Waals surface area contributed by atoms with Gasteiger partial charge in [0.05, 0.1) is 20.8 Å². The summed E-state index contributed by atoms with van der Waals surface area (Å²) in [6, 6.07) is 4.04. The third-order valence-electron chi connectivity index (χ3n) is 3.39. The predicted octanol–water partition coefficient (Wildman–Crippen LogP) is 3.43. The number of nitrogens with one attached hydrogen (secondary N) is 1. The highest BCUT2D eigenvalue weighted by molar-refractivity contribution is 7.91. The molecular weight excluding hydrogens is 367 g/mol. The molecule has 24 heavy (non-hydrogen) atoms. The summed E-state index contributed by atoms with van der Waals surface area (Å²) in [5.74, 6) is -3.40. The minimum Gasteiger partial charge on any atom is -0.357 e. The van der Waals surface area contributed by atoms with Crippen LogP contribution in [-0.2, 0) is 9.84 Å². The van der Waals surface area contributed by atoms with Crippen LogP contribution in [-0.4, -0.2) is 13.4 Å². The van der Waals surface area contributed by atoms with Crippen molar-refractivity contribution in [3.63, 3.8) is 0 Å². The molecule has 2 aromatic carbocycles. The number of H-pyrrole nitrogens is 1. The maximum absolute atomic E-state index is 13.7. The molecule has 4 nitrogen and oxygen atoms in total. The smallest absolute Gasteiger partial charge is 0.212 e. The zero-order chi connectivity index (χ0) is 17.6. The fraction of sp³-hybridized carbons (Fsp3) is 0. The second-order valence-corrected chi connectivity index (χ2v) is 7.17. The molecule has 1 heterocycles. The summed E-state index contributed by atoms with van der Waals surface area (Å²) in [4.78, 5) is 13.5. The molecule has 3 aromatic rings. The average Bonchev–Trinajstić information content (AvgIpc) is 2.53. The lowest BCUT2D eigenvalue weighted by Gasteiger charge is -2.07. The molecule has 3 rings (SSSR count). The highest BCUT2D eigenvalue weighted by Crippen LogP contribution is 2.25. The Morgan fingerprint density at radius 1 is 0.958 bits per heavy atom. The van der Waals surface area contributed by atoms with Gasteiger partial charge in [0.15, 0.2) is 11.6 Å². The van der Waals surface area contributed by atoms with Gasteiger partial charge in [-0.25, -0.2) is 21.6 Å². The highest BCUT2D eigenvalue weighted by atomic mass is 35.5. The minimum absolute atomic E-state index is 0.144. The van der Waals surface area contributed by atoms with Crippen LogP contribution in [0.5, 0.6) is 0 Å². The lowest BCUT2D eigenvalue weighted by atomic mass is 10.2. The van der Waals surface area contributed by atoms with Crippen LogP contribution in [0.2, 0.25) is 5.02 Å². The van der Waals surface area contributed by atoms with Gasteiger partial charge in [0, 0.05) is 6.20 Å². The average molecular weight is 374 g/mol. The van der Waals surface area contributed by atoms with Gasteiger partial charge < -0.3 is 4.98 Å². The highest BCUT2D eigenvalue weighted by Gasteiger charge is 2.25. The van der Waals surface area contributed by atoms with Gasteiger partial charge >= 0.3 is 0 Å². The minimum atomic E-state index is -4.46. The summed E-state index contributed by atoms with van der Waals surface area (Å²) < 4.78 is 65.0. The van der Waals surface area contributed by atoms with E-state index in [2.05, 4.69) is 4.98 Å². The molecule has 0 saturated heterocycles. The molecule has 0 radical (unpaired) electrons. The number of aromatic nitrogens is 1. The SMILES string of the molecule is O=c1c(S(=O)(=O)c2ccc(F)c(F)c2)c[nH]c2c(F)ccc(Cl)c12. The summed E-state index contributed by atoms with van der Waals surface area (Å²) in [7, 11) is -4.46. The molecule has 0 atom stereocenters. The van der Waals surface area contributed by atoms with Gasteiger partial charge in [0.25, 0.3) is 0 Å². The van der Waals surface area contributed by atoms with Crippen molar-refractivity contribution in [1.29, 1.82) is 0 Å². The van der Waals surface area contributed by atoms with E-state index >= 15 is 0 Å². The van der Waals surface area contributed by atoms with E-state index in [0.29, 0.717) is 12.1 Å². The zero-order valence-electron chi connectivity index (χ0n) is 11.6. The van der Waals surface area contributed by atoms with Crippen LogP contribution in [0.4, 0.5) is 13.2 Å². The summed E-state index contributed by atoms with van der Waals surface area (Å²) in [5.41, 5.74) is -1.30. The van der Waals surface area contributed by atoms with Crippen molar-refractivity contribution in [3.8, 4) is 0 Å². The lowest BCUT2D eigenvalue weighted by molar-refractivity contribution is 0.504. The number of aromatic amines is 1. The second-order valence-electron chi connectivity index (χ2n) is 4.84. The number of fused-ring (bicyclic) bond motifs is 1. The van der Waals surface area contributed by atoms with Crippen molar-refractivity contribution in [1.82, 2.24) is 4.98 Å². The fourth-order valence-corrected chi connectivity index (χ4v) is 3.78. The third-order valence-corrected chi connectivity index (χ3v) is 5.46. The Morgan fingerprint density at radius 3 is 2.29 bits per heavy atom. The van der Waals surface area contributed by atoms with Gasteiger partial charge in [0.1, 0.15) is 10.7 Å². The monoisotopic (exact) mass is 373 g/mol. The van der Waals surface area contributed by atoms with E-state index in [9.17, 15) is 26.4 Å². The number of hydrogen-bond donors (Lipinski definition) is 1. The summed E-state index contributed by atoms with van der Waals surface area (Å²) in [5, 5.41) is -0.490. The van der Waals surface area contributed by atoms with Crippen LogP contribution < -0.4 is 5.43 Å². The van der Waals surface area contributed by atoms with E-state index in [-0.39, 0.29) is 15.9 Å². The molecule has 0 aliphatic heterocycles. The topological polar surface area (TPSA) is 67.0 Å². The Balaban J connectivity index is 2.33. The normalized spacial score (nSPS) is 11.8. The Morgan fingerprint density at radius 2 is 1.62 bits per heavy atom. The molecule has 0 saturated carbocycles. The third kappa shape index (κ3) is 2.47. The molecule has 9 heteroatoms. The van der Waals surface area contributed by atoms with Gasteiger partial charge in [-0.05, 0) is 30.3 Å². The van der Waals surface area contributed by atoms with E-state index in [1.807, 2.05) is 0 Å². The van der Waals surface area contributed by atoms with E-state index in [1.165, 1.54) is 0 Å². The van der Waals surface area contributed by atoms with Crippen molar-refractivity contribution in [2.75, 3.05) is 0 Å². The van der Waals surface area contributed by atoms with E-state index < -0.39 is 42.5 Å². The summed E-state index contributed by atoms with van der Waals surface area (Å²) >= 11 is 5.86. The van der Waals surface area contributed by atoms with Gasteiger partial charge in [-0.2, -0.15) is 0 Å². The maximum atomic E-state index is 13.7. The van der Waals surface area contributed by atoms with E-state index in [1.54, 1.807) is 0 Å². The van der Waals surface area contributed by atoms with E-state index in [4.69, 9.17) is 11.6 Å². The molecule has 124 valence electrons. The molecule has 0 amide bonds. The number of rotatable bonds is 2. The van der Waals surface area contributed by atoms with Crippen molar-refractivity contribution < 1.29 is 21.6 Å². The van der Waals surface area contributed by atoms with Crippen molar-refractivity contribution in [3.05, 3.63) is 69.2 Å². The summed E-state index contributed by atoms with van der Waals surface area (Å²) in [6.45, 7) is 0. The van der Waals surface area contributed by atoms with Crippen LogP contribution in [0, 0.1) is 17.5 Å². The number of halogens is 4. The van der Waals surface area contributed by atoms with E-state index in [0.717, 1.165) is 24.4 Å². The van der Waals surface area contributed by atoms with Crippen molar-refractivity contribution >= 4 is 32.3 Å². The molecule has 0 aliphatic rings. The second kappa shape index (κ2) is 5.64. The first-order valence-corrected chi connectivity index (χ1v) is 8.29. The zero-order valence-corrected chi connectivity index (χ0v) is 13.2. The molecule has 1 N–H and O–H groups in total. The van der Waals surface area contributed by atoms with Gasteiger partial charge in [-0.3, -0.25) is 4.79 Å². The van der Waals surface area contributed by atoms with Crippen LogP contribution in [0.15, 0.2) is 51.1 Å². The first-order chi connectivity index (χ1) is 11.2. The Labute approximate surface area is 138 Å². The number of hydrogen-bond acceptors (Lipinski definition) is 3.